The zero-order valence-corrected chi connectivity index (χ0v) is 21.5. The van der Waals surface area contributed by atoms with Crippen LogP contribution >= 0.6 is 15.9 Å². The lowest BCUT2D eigenvalue weighted by molar-refractivity contribution is -0.148. The number of unbranched alkanes of at least 4 members (excludes halogenated alkanes) is 1. The van der Waals surface area contributed by atoms with Crippen molar-refractivity contribution in [2.24, 2.45) is 11.8 Å². The van der Waals surface area contributed by atoms with Crippen LogP contribution in [0.1, 0.15) is 32.3 Å². The Bertz CT molecular complexity index is 1070. The minimum atomic E-state index is -4.55. The standard InChI is InChI=1S/C27H30BrF4N3/c1-4-6-7-20(10-15-23(5-2)35(33)24-16-13-22(29)14-17-24)26(27(30,31)32)25(18-34-3)19-8-11-21(28)12-9-19/h5,7-18,26,34H,4,6,33H2,1-3H3/b15-10-,20-7?,23-5-,25-18+. The van der Waals surface area contributed by atoms with Crippen LogP contribution in [-0.4, -0.2) is 13.2 Å². The third-order valence-corrected chi connectivity index (χ3v) is 5.77. The Balaban J connectivity index is 2.54. The molecule has 0 radical (unpaired) electrons. The van der Waals surface area contributed by atoms with Gasteiger partial charge in [-0.05, 0) is 72.5 Å². The van der Waals surface area contributed by atoms with E-state index >= 15 is 0 Å². The molecular formula is C27H30BrF4N3. The van der Waals surface area contributed by atoms with E-state index in [-0.39, 0.29) is 11.1 Å². The van der Waals surface area contributed by atoms with Crippen LogP contribution in [0.2, 0.25) is 0 Å². The van der Waals surface area contributed by atoms with Crippen molar-refractivity contribution in [2.45, 2.75) is 32.9 Å². The highest BCUT2D eigenvalue weighted by Gasteiger charge is 2.44. The Labute approximate surface area is 212 Å². The first-order valence-electron chi connectivity index (χ1n) is 11.2. The van der Waals surface area contributed by atoms with Gasteiger partial charge < -0.3 is 5.32 Å². The number of rotatable bonds is 10. The molecule has 0 bridgehead atoms. The van der Waals surface area contributed by atoms with Crippen molar-refractivity contribution in [3.63, 3.8) is 0 Å². The molecule has 0 aliphatic rings. The summed E-state index contributed by atoms with van der Waals surface area (Å²) in [6.07, 6.45) is 4.31. The molecule has 0 spiro atoms. The van der Waals surface area contributed by atoms with Gasteiger partial charge in [-0.3, -0.25) is 5.01 Å². The van der Waals surface area contributed by atoms with Gasteiger partial charge in [0.25, 0.3) is 0 Å². The number of halogens is 5. The van der Waals surface area contributed by atoms with Gasteiger partial charge in [-0.15, -0.1) is 0 Å². The highest BCUT2D eigenvalue weighted by Crippen LogP contribution is 2.42. The third kappa shape index (κ3) is 8.11. The fourth-order valence-electron chi connectivity index (χ4n) is 3.52. The molecular weight excluding hydrogens is 522 g/mol. The molecule has 0 saturated carbocycles. The van der Waals surface area contributed by atoms with E-state index in [1.165, 1.54) is 41.6 Å². The van der Waals surface area contributed by atoms with Gasteiger partial charge in [0.05, 0.1) is 11.4 Å². The molecule has 8 heteroatoms. The Kier molecular flexibility index (Phi) is 10.8. The van der Waals surface area contributed by atoms with Gasteiger partial charge in [-0.2, -0.15) is 13.2 Å². The van der Waals surface area contributed by atoms with E-state index in [2.05, 4.69) is 21.2 Å². The first kappa shape index (κ1) is 28.4. The predicted octanol–water partition coefficient (Wildman–Crippen LogP) is 7.89. The predicted molar refractivity (Wildman–Crippen MR) is 140 cm³/mol. The molecule has 2 aromatic rings. The molecule has 3 nitrogen and oxygen atoms in total. The summed E-state index contributed by atoms with van der Waals surface area (Å²) in [5, 5.41) is 4.07. The maximum atomic E-state index is 14.6. The second kappa shape index (κ2) is 13.3. The number of nitrogens with one attached hydrogen (secondary N) is 1. The molecule has 0 aromatic heterocycles. The lowest BCUT2D eigenvalue weighted by Gasteiger charge is -2.26. The highest BCUT2D eigenvalue weighted by molar-refractivity contribution is 9.10. The van der Waals surface area contributed by atoms with Gasteiger partial charge in [-0.25, -0.2) is 10.2 Å². The molecule has 0 heterocycles. The van der Waals surface area contributed by atoms with Gasteiger partial charge >= 0.3 is 6.18 Å². The molecule has 188 valence electrons. The quantitative estimate of drug-likeness (QED) is 0.136. The molecule has 0 fully saturated rings. The smallest absolute Gasteiger partial charge is 0.394 e. The Hall–Kier alpha value is -2.84. The number of hydrogen-bond acceptors (Lipinski definition) is 3. The van der Waals surface area contributed by atoms with Crippen LogP contribution in [0.5, 0.6) is 0 Å². The van der Waals surface area contributed by atoms with Crippen molar-refractivity contribution in [2.75, 3.05) is 12.1 Å². The zero-order valence-electron chi connectivity index (χ0n) is 19.9. The molecule has 0 aliphatic carbocycles. The van der Waals surface area contributed by atoms with E-state index in [4.69, 9.17) is 5.84 Å². The number of anilines is 1. The van der Waals surface area contributed by atoms with Crippen LogP contribution in [0.15, 0.2) is 94.8 Å². The summed E-state index contributed by atoms with van der Waals surface area (Å²) in [4.78, 5) is 0. The van der Waals surface area contributed by atoms with Gasteiger partial charge in [0.2, 0.25) is 0 Å². The number of nitrogens with zero attached hydrogens (tertiary/aromatic N) is 1. The van der Waals surface area contributed by atoms with Crippen molar-refractivity contribution in [3.05, 3.63) is 106 Å². The van der Waals surface area contributed by atoms with Crippen molar-refractivity contribution in [1.29, 1.82) is 0 Å². The molecule has 3 N–H and O–H groups in total. The second-order valence-electron chi connectivity index (χ2n) is 7.76. The summed E-state index contributed by atoms with van der Waals surface area (Å²) >= 11 is 3.34. The van der Waals surface area contributed by atoms with E-state index in [1.54, 1.807) is 56.5 Å². The zero-order chi connectivity index (χ0) is 26.0. The monoisotopic (exact) mass is 551 g/mol. The minimum Gasteiger partial charge on any atom is -0.394 e. The summed E-state index contributed by atoms with van der Waals surface area (Å²) in [6, 6.07) is 12.3. The topological polar surface area (TPSA) is 41.3 Å². The number of nitrogens with two attached hydrogens (primary N) is 1. The van der Waals surface area contributed by atoms with Gasteiger partial charge in [0.1, 0.15) is 11.7 Å². The largest absolute Gasteiger partial charge is 0.399 e. The molecule has 2 aromatic carbocycles. The molecule has 0 amide bonds. The number of benzene rings is 2. The molecule has 2 rings (SSSR count). The van der Waals surface area contributed by atoms with Crippen molar-refractivity contribution in [1.82, 2.24) is 5.32 Å². The maximum absolute atomic E-state index is 14.6. The molecule has 1 unspecified atom stereocenters. The van der Waals surface area contributed by atoms with E-state index in [0.717, 1.165) is 4.47 Å². The minimum absolute atomic E-state index is 0.102. The lowest BCUT2D eigenvalue weighted by atomic mass is 9.85. The molecule has 0 saturated heterocycles. The van der Waals surface area contributed by atoms with Crippen LogP contribution in [0.4, 0.5) is 23.2 Å². The van der Waals surface area contributed by atoms with Crippen LogP contribution in [0.3, 0.4) is 0 Å². The maximum Gasteiger partial charge on any atom is 0.399 e. The molecule has 35 heavy (non-hydrogen) atoms. The first-order chi connectivity index (χ1) is 16.6. The highest BCUT2D eigenvalue weighted by atomic mass is 79.9. The molecule has 1 atom stereocenters. The Morgan fingerprint density at radius 3 is 2.23 bits per heavy atom. The van der Waals surface area contributed by atoms with E-state index in [1.807, 2.05) is 6.92 Å². The lowest BCUT2D eigenvalue weighted by Crippen LogP contribution is -2.29. The average molecular weight is 552 g/mol. The second-order valence-corrected chi connectivity index (χ2v) is 8.67. The first-order valence-corrected chi connectivity index (χ1v) is 12.0. The summed E-state index contributed by atoms with van der Waals surface area (Å²) < 4.78 is 57.8. The Morgan fingerprint density at radius 1 is 1.09 bits per heavy atom. The van der Waals surface area contributed by atoms with Crippen molar-refractivity contribution in [3.8, 4) is 0 Å². The molecule has 0 aliphatic heterocycles. The number of alkyl halides is 3. The van der Waals surface area contributed by atoms with Crippen LogP contribution in [-0.2, 0) is 0 Å². The normalized spacial score (nSPS) is 14.4. The summed E-state index contributed by atoms with van der Waals surface area (Å²) in [5.74, 6) is 3.91. The third-order valence-electron chi connectivity index (χ3n) is 5.24. The van der Waals surface area contributed by atoms with E-state index in [9.17, 15) is 17.6 Å². The van der Waals surface area contributed by atoms with Gasteiger partial charge in [0.15, 0.2) is 0 Å². The van der Waals surface area contributed by atoms with E-state index in [0.29, 0.717) is 29.8 Å². The van der Waals surface area contributed by atoms with Crippen molar-refractivity contribution >= 4 is 27.2 Å². The van der Waals surface area contributed by atoms with Gasteiger partial charge in [0, 0.05) is 17.7 Å². The SMILES string of the molecule is C/C=C(/C=C\C(=CCCC)C(/C(=C/NC)c1ccc(Br)cc1)C(F)(F)F)N(N)c1ccc(F)cc1. The Morgan fingerprint density at radius 2 is 1.71 bits per heavy atom. The summed E-state index contributed by atoms with van der Waals surface area (Å²) in [6.45, 7) is 3.64. The number of allylic oxidation sites excluding steroid dienone is 6. The number of hydrogen-bond donors (Lipinski definition) is 2. The van der Waals surface area contributed by atoms with Crippen molar-refractivity contribution < 1.29 is 17.6 Å². The van der Waals surface area contributed by atoms with Crippen LogP contribution < -0.4 is 16.2 Å². The number of hydrazine groups is 1. The van der Waals surface area contributed by atoms with E-state index < -0.39 is 17.9 Å². The van der Waals surface area contributed by atoms with Gasteiger partial charge in [-0.1, -0.05) is 59.6 Å². The fourth-order valence-corrected chi connectivity index (χ4v) is 3.78. The summed E-state index contributed by atoms with van der Waals surface area (Å²) in [5.41, 5.74) is 1.63. The van der Waals surface area contributed by atoms with Crippen LogP contribution in [0.25, 0.3) is 5.57 Å². The fraction of sp³-hybridized carbons (Fsp3) is 0.259. The summed E-state index contributed by atoms with van der Waals surface area (Å²) in [7, 11) is 1.57. The van der Waals surface area contributed by atoms with Crippen LogP contribution in [0, 0.1) is 11.7 Å². The average Bonchev–Trinajstić information content (AvgIpc) is 2.82.